The van der Waals surface area contributed by atoms with E-state index in [1.807, 2.05) is 38.1 Å². The molecule has 0 atom stereocenters. The first kappa shape index (κ1) is 18.8. The molecule has 0 aliphatic rings. The highest BCUT2D eigenvalue weighted by Gasteiger charge is 2.15. The SMILES string of the molecule is COc1ccccc1-c1ncc(CNC(=O)c2ccc(=O)[nH]c2C(C)C)s1. The highest BCUT2D eigenvalue weighted by atomic mass is 32.1. The van der Waals surface area contributed by atoms with Crippen LogP contribution in [-0.2, 0) is 6.54 Å². The van der Waals surface area contributed by atoms with Gasteiger partial charge in [-0.3, -0.25) is 9.59 Å². The summed E-state index contributed by atoms with van der Waals surface area (Å²) < 4.78 is 5.38. The maximum absolute atomic E-state index is 12.6. The van der Waals surface area contributed by atoms with Crippen molar-refractivity contribution in [2.75, 3.05) is 7.11 Å². The molecule has 0 unspecified atom stereocenters. The summed E-state index contributed by atoms with van der Waals surface area (Å²) in [5, 5.41) is 3.74. The Morgan fingerprint density at radius 2 is 2.04 bits per heavy atom. The number of rotatable bonds is 6. The number of thiazole rings is 1. The van der Waals surface area contributed by atoms with Crippen LogP contribution >= 0.6 is 11.3 Å². The van der Waals surface area contributed by atoms with Gasteiger partial charge in [0.2, 0.25) is 5.56 Å². The number of hydrogen-bond donors (Lipinski definition) is 2. The van der Waals surface area contributed by atoms with E-state index in [0.29, 0.717) is 17.8 Å². The summed E-state index contributed by atoms with van der Waals surface area (Å²) in [7, 11) is 1.63. The van der Waals surface area contributed by atoms with Gasteiger partial charge in [0.05, 0.1) is 24.8 Å². The lowest BCUT2D eigenvalue weighted by atomic mass is 10.0. The van der Waals surface area contributed by atoms with Gasteiger partial charge in [0.25, 0.3) is 5.91 Å². The van der Waals surface area contributed by atoms with Gasteiger partial charge >= 0.3 is 0 Å². The summed E-state index contributed by atoms with van der Waals surface area (Å²) in [6, 6.07) is 10.6. The molecular formula is C20H21N3O3S. The van der Waals surface area contributed by atoms with Gasteiger partial charge in [-0.25, -0.2) is 4.98 Å². The molecule has 1 aromatic carbocycles. The summed E-state index contributed by atoms with van der Waals surface area (Å²) in [6.45, 7) is 4.23. The summed E-state index contributed by atoms with van der Waals surface area (Å²) in [4.78, 5) is 32.2. The first-order valence-corrected chi connectivity index (χ1v) is 9.40. The Bertz CT molecular complexity index is 1010. The van der Waals surface area contributed by atoms with Crippen LogP contribution in [0, 0.1) is 0 Å². The predicted molar refractivity (Wildman–Crippen MR) is 106 cm³/mol. The molecule has 0 aliphatic carbocycles. The van der Waals surface area contributed by atoms with E-state index in [4.69, 9.17) is 4.74 Å². The Labute approximate surface area is 161 Å². The highest BCUT2D eigenvalue weighted by molar-refractivity contribution is 7.15. The minimum Gasteiger partial charge on any atom is -0.496 e. The average molecular weight is 383 g/mol. The molecule has 140 valence electrons. The lowest BCUT2D eigenvalue weighted by Gasteiger charge is -2.11. The molecule has 7 heteroatoms. The van der Waals surface area contributed by atoms with Crippen LogP contribution in [0.4, 0.5) is 0 Å². The number of methoxy groups -OCH3 is 1. The van der Waals surface area contributed by atoms with Crippen LogP contribution in [0.1, 0.15) is 40.7 Å². The van der Waals surface area contributed by atoms with E-state index in [0.717, 1.165) is 21.2 Å². The molecule has 2 heterocycles. The predicted octanol–water partition coefficient (Wildman–Crippen LogP) is 3.56. The largest absolute Gasteiger partial charge is 0.496 e. The molecular weight excluding hydrogens is 362 g/mol. The van der Waals surface area contributed by atoms with Gasteiger partial charge in [-0.1, -0.05) is 26.0 Å². The number of aromatic amines is 1. The molecule has 0 fully saturated rings. The molecule has 0 saturated heterocycles. The van der Waals surface area contributed by atoms with E-state index in [2.05, 4.69) is 15.3 Å². The van der Waals surface area contributed by atoms with Crippen molar-refractivity contribution >= 4 is 17.2 Å². The Kier molecular flexibility index (Phi) is 5.71. The molecule has 2 aromatic heterocycles. The Morgan fingerprint density at radius 1 is 1.26 bits per heavy atom. The summed E-state index contributed by atoms with van der Waals surface area (Å²) >= 11 is 1.50. The number of hydrogen-bond acceptors (Lipinski definition) is 5. The van der Waals surface area contributed by atoms with Gasteiger partial charge in [0.1, 0.15) is 10.8 Å². The van der Waals surface area contributed by atoms with Crippen molar-refractivity contribution < 1.29 is 9.53 Å². The van der Waals surface area contributed by atoms with E-state index in [9.17, 15) is 9.59 Å². The number of nitrogens with one attached hydrogen (secondary N) is 2. The standard InChI is InChI=1S/C20H21N3O3S/c1-12(2)18-15(8-9-17(24)23-18)19(25)21-10-13-11-22-20(27-13)14-6-4-5-7-16(14)26-3/h4-9,11-12H,10H2,1-3H3,(H,21,25)(H,23,24). The van der Waals surface area contributed by atoms with Gasteiger partial charge in [-0.15, -0.1) is 11.3 Å². The topological polar surface area (TPSA) is 84.1 Å². The number of pyridine rings is 1. The van der Waals surface area contributed by atoms with Crippen molar-refractivity contribution in [1.82, 2.24) is 15.3 Å². The maximum Gasteiger partial charge on any atom is 0.253 e. The van der Waals surface area contributed by atoms with Gasteiger partial charge < -0.3 is 15.0 Å². The van der Waals surface area contributed by atoms with Gasteiger partial charge in [-0.2, -0.15) is 0 Å². The molecule has 3 rings (SSSR count). The summed E-state index contributed by atoms with van der Waals surface area (Å²) in [5.74, 6) is 0.583. The maximum atomic E-state index is 12.6. The number of carbonyl (C=O) groups excluding carboxylic acids is 1. The van der Waals surface area contributed by atoms with E-state index >= 15 is 0 Å². The number of aromatic nitrogens is 2. The van der Waals surface area contributed by atoms with Crippen LogP contribution in [0.2, 0.25) is 0 Å². The zero-order chi connectivity index (χ0) is 19.4. The smallest absolute Gasteiger partial charge is 0.253 e. The van der Waals surface area contributed by atoms with Crippen LogP contribution in [0.3, 0.4) is 0 Å². The van der Waals surface area contributed by atoms with Crippen LogP contribution in [0.15, 0.2) is 47.4 Å². The van der Waals surface area contributed by atoms with Crippen molar-refractivity contribution in [3.05, 3.63) is 69.1 Å². The molecule has 6 nitrogen and oxygen atoms in total. The molecule has 0 saturated carbocycles. The van der Waals surface area contributed by atoms with Crippen LogP contribution in [0.25, 0.3) is 10.6 Å². The zero-order valence-electron chi connectivity index (χ0n) is 15.4. The molecule has 3 aromatic rings. The number of benzene rings is 1. The normalized spacial score (nSPS) is 10.8. The summed E-state index contributed by atoms with van der Waals surface area (Å²) in [5.41, 5.74) is 1.84. The number of ether oxygens (including phenoxy) is 1. The Balaban J connectivity index is 1.74. The lowest BCUT2D eigenvalue weighted by molar-refractivity contribution is 0.0949. The molecule has 0 radical (unpaired) electrons. The fourth-order valence-electron chi connectivity index (χ4n) is 2.74. The van der Waals surface area contributed by atoms with Gasteiger partial charge in [-0.05, 0) is 24.1 Å². The van der Waals surface area contributed by atoms with Gasteiger partial charge in [0.15, 0.2) is 0 Å². The molecule has 1 amide bonds. The average Bonchev–Trinajstić information content (AvgIpc) is 3.14. The van der Waals surface area contributed by atoms with E-state index in [-0.39, 0.29) is 17.4 Å². The minimum atomic E-state index is -0.220. The lowest BCUT2D eigenvalue weighted by Crippen LogP contribution is -2.26. The monoisotopic (exact) mass is 383 g/mol. The van der Waals surface area contributed by atoms with Crippen molar-refractivity contribution in [2.45, 2.75) is 26.3 Å². The quantitative estimate of drug-likeness (QED) is 0.682. The zero-order valence-corrected chi connectivity index (χ0v) is 16.2. The second kappa shape index (κ2) is 8.18. The van der Waals surface area contributed by atoms with Crippen LogP contribution < -0.4 is 15.6 Å². The van der Waals surface area contributed by atoms with Crippen molar-refractivity contribution in [2.24, 2.45) is 0 Å². The molecule has 27 heavy (non-hydrogen) atoms. The van der Waals surface area contributed by atoms with Crippen LogP contribution in [-0.4, -0.2) is 23.0 Å². The second-order valence-corrected chi connectivity index (χ2v) is 7.43. The molecule has 0 aliphatic heterocycles. The Morgan fingerprint density at radius 3 is 2.78 bits per heavy atom. The van der Waals surface area contributed by atoms with Crippen molar-refractivity contribution in [3.63, 3.8) is 0 Å². The first-order valence-electron chi connectivity index (χ1n) is 8.59. The number of H-pyrrole nitrogens is 1. The third kappa shape index (κ3) is 4.25. The number of amides is 1. The number of para-hydroxylation sites is 1. The molecule has 0 spiro atoms. The summed E-state index contributed by atoms with van der Waals surface area (Å²) in [6.07, 6.45) is 1.75. The van der Waals surface area contributed by atoms with E-state index < -0.39 is 0 Å². The highest BCUT2D eigenvalue weighted by Crippen LogP contribution is 2.32. The fourth-order valence-corrected chi connectivity index (χ4v) is 3.62. The molecule has 2 N–H and O–H groups in total. The van der Waals surface area contributed by atoms with Gasteiger partial charge in [0, 0.05) is 22.8 Å². The van der Waals surface area contributed by atoms with E-state index in [1.165, 1.54) is 17.4 Å². The first-order chi connectivity index (χ1) is 13.0. The number of carbonyl (C=O) groups is 1. The minimum absolute atomic E-state index is 0.0419. The molecule has 0 bridgehead atoms. The van der Waals surface area contributed by atoms with E-state index in [1.54, 1.807) is 19.4 Å². The third-order valence-electron chi connectivity index (χ3n) is 4.09. The second-order valence-electron chi connectivity index (χ2n) is 6.32. The number of nitrogens with zero attached hydrogens (tertiary/aromatic N) is 1. The van der Waals surface area contributed by atoms with Crippen LogP contribution in [0.5, 0.6) is 5.75 Å². The third-order valence-corrected chi connectivity index (χ3v) is 5.12. The fraction of sp³-hybridized carbons (Fsp3) is 0.250. The Hall–Kier alpha value is -2.93. The van der Waals surface area contributed by atoms with Crippen molar-refractivity contribution in [3.8, 4) is 16.3 Å². The van der Waals surface area contributed by atoms with Crippen molar-refractivity contribution in [1.29, 1.82) is 0 Å².